The third kappa shape index (κ3) is 3.16. The number of carbonyl (C=O) groups excluding carboxylic acids is 2. The lowest BCUT2D eigenvalue weighted by molar-refractivity contribution is -0.130. The zero-order chi connectivity index (χ0) is 15.7. The Labute approximate surface area is 130 Å². The van der Waals surface area contributed by atoms with Gasteiger partial charge in [0.05, 0.1) is 12.8 Å². The van der Waals surface area contributed by atoms with Crippen LogP contribution in [0.25, 0.3) is 0 Å². The van der Waals surface area contributed by atoms with Crippen molar-refractivity contribution in [3.8, 4) is 0 Å². The zero-order valence-electron chi connectivity index (χ0n) is 13.2. The van der Waals surface area contributed by atoms with Crippen LogP contribution in [0.15, 0.2) is 22.8 Å². The van der Waals surface area contributed by atoms with E-state index in [2.05, 4.69) is 10.2 Å². The van der Waals surface area contributed by atoms with Crippen molar-refractivity contribution in [1.82, 2.24) is 15.1 Å². The van der Waals surface area contributed by atoms with E-state index >= 15 is 0 Å². The molecule has 1 saturated carbocycles. The molecule has 3 amide bonds. The Bertz CT molecular complexity index is 549. The van der Waals surface area contributed by atoms with Crippen molar-refractivity contribution >= 4 is 11.9 Å². The summed E-state index contributed by atoms with van der Waals surface area (Å²) < 4.78 is 5.41. The van der Waals surface area contributed by atoms with E-state index in [-0.39, 0.29) is 11.9 Å². The maximum atomic E-state index is 12.1. The van der Waals surface area contributed by atoms with E-state index in [1.807, 2.05) is 12.1 Å². The Kier molecular flexibility index (Phi) is 3.95. The van der Waals surface area contributed by atoms with Crippen molar-refractivity contribution in [2.75, 3.05) is 13.1 Å². The van der Waals surface area contributed by atoms with Gasteiger partial charge in [0.2, 0.25) is 0 Å². The standard InChI is InChI=1S/C16H23N3O3/c1-16(2)14(20)19(15(21)17-16)9-4-8-18(12-6-7-12)11-13-5-3-10-22-13/h3,5,10,12H,4,6-9,11H2,1-2H3,(H,17,21). The molecule has 6 heteroatoms. The number of nitrogens with one attached hydrogen (secondary N) is 1. The molecule has 0 bridgehead atoms. The lowest BCUT2D eigenvalue weighted by Crippen LogP contribution is -2.40. The van der Waals surface area contributed by atoms with Crippen molar-refractivity contribution < 1.29 is 14.0 Å². The molecule has 6 nitrogen and oxygen atoms in total. The average Bonchev–Trinajstić information content (AvgIpc) is 3.14. The zero-order valence-corrected chi connectivity index (χ0v) is 13.2. The van der Waals surface area contributed by atoms with E-state index in [9.17, 15) is 9.59 Å². The monoisotopic (exact) mass is 305 g/mol. The molecule has 0 atom stereocenters. The number of urea groups is 1. The Morgan fingerprint density at radius 3 is 2.73 bits per heavy atom. The number of hydrogen-bond donors (Lipinski definition) is 1. The molecule has 1 saturated heterocycles. The van der Waals surface area contributed by atoms with Crippen molar-refractivity contribution in [3.05, 3.63) is 24.2 Å². The molecule has 3 rings (SSSR count). The van der Waals surface area contributed by atoms with Crippen LogP contribution in [0.2, 0.25) is 0 Å². The summed E-state index contributed by atoms with van der Waals surface area (Å²) in [7, 11) is 0. The highest BCUT2D eigenvalue weighted by atomic mass is 16.3. The molecule has 22 heavy (non-hydrogen) atoms. The fraction of sp³-hybridized carbons (Fsp3) is 0.625. The highest BCUT2D eigenvalue weighted by Crippen LogP contribution is 2.28. The SMILES string of the molecule is CC1(C)NC(=O)N(CCCN(Cc2ccco2)C2CC2)C1=O. The van der Waals surface area contributed by atoms with Crippen LogP contribution in [0.3, 0.4) is 0 Å². The molecule has 1 aromatic rings. The van der Waals surface area contributed by atoms with Gasteiger partial charge in [0.15, 0.2) is 0 Å². The van der Waals surface area contributed by atoms with E-state index in [1.54, 1.807) is 20.1 Å². The van der Waals surface area contributed by atoms with E-state index in [0.717, 1.165) is 25.3 Å². The van der Waals surface area contributed by atoms with E-state index in [4.69, 9.17) is 4.42 Å². The van der Waals surface area contributed by atoms with Crippen molar-refractivity contribution in [1.29, 1.82) is 0 Å². The molecule has 0 spiro atoms. The van der Waals surface area contributed by atoms with E-state index < -0.39 is 5.54 Å². The van der Waals surface area contributed by atoms with Crippen LogP contribution in [0.1, 0.15) is 38.9 Å². The average molecular weight is 305 g/mol. The van der Waals surface area contributed by atoms with Crippen molar-refractivity contribution in [3.63, 3.8) is 0 Å². The summed E-state index contributed by atoms with van der Waals surface area (Å²) in [5.41, 5.74) is -0.776. The molecule has 0 unspecified atom stereocenters. The lowest BCUT2D eigenvalue weighted by atomic mass is 10.1. The maximum absolute atomic E-state index is 12.1. The van der Waals surface area contributed by atoms with Gasteiger partial charge in [-0.05, 0) is 45.2 Å². The summed E-state index contributed by atoms with van der Waals surface area (Å²) in [6.45, 7) is 5.60. The minimum absolute atomic E-state index is 0.137. The first-order valence-electron chi connectivity index (χ1n) is 7.88. The van der Waals surface area contributed by atoms with Crippen molar-refractivity contribution in [2.24, 2.45) is 0 Å². The number of hydrogen-bond acceptors (Lipinski definition) is 4. The summed E-state index contributed by atoms with van der Waals surface area (Å²) >= 11 is 0. The lowest BCUT2D eigenvalue weighted by Gasteiger charge is -2.22. The van der Waals surface area contributed by atoms with Gasteiger partial charge in [-0.1, -0.05) is 0 Å². The molecular weight excluding hydrogens is 282 g/mol. The molecule has 1 aliphatic carbocycles. The van der Waals surface area contributed by atoms with Crippen LogP contribution in [-0.2, 0) is 11.3 Å². The second-order valence-corrected chi connectivity index (χ2v) is 6.65. The summed E-state index contributed by atoms with van der Waals surface area (Å²) in [4.78, 5) is 27.7. The number of amides is 3. The van der Waals surface area contributed by atoms with Gasteiger partial charge in [-0.25, -0.2) is 4.79 Å². The third-order valence-electron chi connectivity index (χ3n) is 4.27. The molecule has 2 fully saturated rings. The minimum atomic E-state index is -0.776. The smallest absolute Gasteiger partial charge is 0.325 e. The minimum Gasteiger partial charge on any atom is -0.468 e. The first-order valence-corrected chi connectivity index (χ1v) is 7.88. The van der Waals surface area contributed by atoms with Gasteiger partial charge in [0.1, 0.15) is 11.3 Å². The fourth-order valence-corrected chi connectivity index (χ4v) is 2.89. The molecule has 0 aromatic carbocycles. The molecule has 2 heterocycles. The molecule has 0 radical (unpaired) electrons. The molecule has 120 valence electrons. The van der Waals surface area contributed by atoms with Crippen LogP contribution in [0.5, 0.6) is 0 Å². The predicted molar refractivity (Wildman–Crippen MR) is 81.1 cm³/mol. The number of imide groups is 1. The Morgan fingerprint density at radius 2 is 2.18 bits per heavy atom. The van der Waals surface area contributed by atoms with Crippen LogP contribution >= 0.6 is 0 Å². The second kappa shape index (κ2) is 5.76. The Balaban J connectivity index is 1.51. The highest BCUT2D eigenvalue weighted by Gasteiger charge is 2.43. The van der Waals surface area contributed by atoms with Gasteiger partial charge in [0, 0.05) is 19.1 Å². The number of nitrogens with zero attached hydrogens (tertiary/aromatic N) is 2. The van der Waals surface area contributed by atoms with Gasteiger partial charge < -0.3 is 9.73 Å². The van der Waals surface area contributed by atoms with Gasteiger partial charge >= 0.3 is 6.03 Å². The van der Waals surface area contributed by atoms with Crippen LogP contribution < -0.4 is 5.32 Å². The van der Waals surface area contributed by atoms with E-state index in [1.165, 1.54) is 17.7 Å². The molecule has 1 aromatic heterocycles. The molecular formula is C16H23N3O3. The summed E-state index contributed by atoms with van der Waals surface area (Å²) in [5, 5.41) is 2.71. The Morgan fingerprint density at radius 1 is 1.41 bits per heavy atom. The normalized spacial score (nSPS) is 20.8. The number of furan rings is 1. The molecule has 1 N–H and O–H groups in total. The quantitative estimate of drug-likeness (QED) is 0.782. The topological polar surface area (TPSA) is 65.8 Å². The maximum Gasteiger partial charge on any atom is 0.325 e. The highest BCUT2D eigenvalue weighted by molar-refractivity contribution is 6.06. The summed E-state index contributed by atoms with van der Waals surface area (Å²) in [6, 6.07) is 4.22. The third-order valence-corrected chi connectivity index (χ3v) is 4.27. The fourth-order valence-electron chi connectivity index (χ4n) is 2.89. The van der Waals surface area contributed by atoms with E-state index in [0.29, 0.717) is 12.6 Å². The molecule has 2 aliphatic rings. The second-order valence-electron chi connectivity index (χ2n) is 6.65. The largest absolute Gasteiger partial charge is 0.468 e. The predicted octanol–water partition coefficient (Wildman–Crippen LogP) is 1.96. The van der Waals surface area contributed by atoms with Gasteiger partial charge in [-0.3, -0.25) is 14.6 Å². The first-order chi connectivity index (χ1) is 10.5. The number of carbonyl (C=O) groups is 2. The van der Waals surface area contributed by atoms with Gasteiger partial charge in [0.25, 0.3) is 5.91 Å². The first kappa shape index (κ1) is 15.1. The summed E-state index contributed by atoms with van der Waals surface area (Å²) in [6.07, 6.45) is 4.91. The molecule has 1 aliphatic heterocycles. The van der Waals surface area contributed by atoms with Gasteiger partial charge in [-0.2, -0.15) is 0 Å². The van der Waals surface area contributed by atoms with Crippen molar-refractivity contribution in [2.45, 2.75) is 51.2 Å². The number of rotatable bonds is 7. The van der Waals surface area contributed by atoms with Gasteiger partial charge in [-0.15, -0.1) is 0 Å². The van der Waals surface area contributed by atoms with Crippen LogP contribution in [0, 0.1) is 0 Å². The van der Waals surface area contributed by atoms with Crippen LogP contribution in [-0.4, -0.2) is 46.4 Å². The van der Waals surface area contributed by atoms with Crippen LogP contribution in [0.4, 0.5) is 4.79 Å². The summed E-state index contributed by atoms with van der Waals surface area (Å²) in [5.74, 6) is 0.824. The Hall–Kier alpha value is -1.82.